The van der Waals surface area contributed by atoms with E-state index in [2.05, 4.69) is 29.8 Å². The maximum absolute atomic E-state index is 14.4. The zero-order chi connectivity index (χ0) is 42.9. The van der Waals surface area contributed by atoms with Crippen LogP contribution in [0.3, 0.4) is 0 Å². The average molecular weight is 813 g/mol. The van der Waals surface area contributed by atoms with Gasteiger partial charge in [0.25, 0.3) is 5.91 Å². The van der Waals surface area contributed by atoms with Crippen molar-refractivity contribution in [2.24, 2.45) is 23.7 Å². The van der Waals surface area contributed by atoms with Crippen molar-refractivity contribution in [2.45, 2.75) is 141 Å². The highest BCUT2D eigenvalue weighted by Gasteiger charge is 2.64. The molecule has 58 heavy (non-hydrogen) atoms. The van der Waals surface area contributed by atoms with Crippen molar-refractivity contribution in [1.29, 1.82) is 0 Å². The van der Waals surface area contributed by atoms with E-state index in [0.29, 0.717) is 32.5 Å². The number of nitrogens with zero attached hydrogens (tertiary/aromatic N) is 3. The molecule has 0 bridgehead atoms. The normalized spacial score (nSPS) is 24.5. The zero-order valence-electron chi connectivity index (χ0n) is 36.9. The van der Waals surface area contributed by atoms with Crippen molar-refractivity contribution in [2.75, 3.05) is 48.0 Å². The first-order chi connectivity index (χ1) is 27.6. The third kappa shape index (κ3) is 10.7. The van der Waals surface area contributed by atoms with Gasteiger partial charge in [-0.15, -0.1) is 0 Å². The largest absolute Gasteiger partial charge is 0.379 e. The Morgan fingerprint density at radius 2 is 1.60 bits per heavy atom. The number of nitrogens with one attached hydrogen (secondary N) is 3. The van der Waals surface area contributed by atoms with Crippen LogP contribution in [0.4, 0.5) is 0 Å². The van der Waals surface area contributed by atoms with Crippen LogP contribution in [0.1, 0.15) is 105 Å². The minimum atomic E-state index is -1.13. The van der Waals surface area contributed by atoms with Gasteiger partial charge in [0.1, 0.15) is 5.54 Å². The van der Waals surface area contributed by atoms with Crippen molar-refractivity contribution in [1.82, 2.24) is 30.8 Å². The molecule has 1 aromatic carbocycles. The Morgan fingerprint density at radius 3 is 2.16 bits per heavy atom. The van der Waals surface area contributed by atoms with Crippen LogP contribution in [0, 0.1) is 23.7 Å². The number of hydroxylamine groups is 2. The fourth-order valence-electron chi connectivity index (χ4n) is 9.47. The predicted octanol–water partition coefficient (Wildman–Crippen LogP) is 3.89. The molecule has 2 saturated heterocycles. The summed E-state index contributed by atoms with van der Waals surface area (Å²) in [5.41, 5.74) is -0.148. The highest BCUT2D eigenvalue weighted by atomic mass is 16.7. The van der Waals surface area contributed by atoms with Gasteiger partial charge in [0.2, 0.25) is 23.6 Å². The lowest BCUT2D eigenvalue weighted by Gasteiger charge is -2.43. The molecule has 10 atom stereocenters. The van der Waals surface area contributed by atoms with Crippen LogP contribution in [0.2, 0.25) is 0 Å². The molecule has 3 fully saturated rings. The Labute approximate surface area is 346 Å². The maximum atomic E-state index is 14.4. The minimum Gasteiger partial charge on any atom is -0.379 e. The van der Waals surface area contributed by atoms with Gasteiger partial charge in [-0.05, 0) is 69.5 Å². The lowest BCUT2D eigenvalue weighted by Crippen LogP contribution is -2.60. The number of imide groups is 1. The smallest absolute Gasteiger partial charge is 0.272 e. The molecule has 4 rings (SSSR count). The van der Waals surface area contributed by atoms with Crippen LogP contribution in [0.25, 0.3) is 0 Å². The molecule has 3 aliphatic rings. The SMILES string of the molecule is CC[C@H](C)[C@H]([C@@H](CC(=O)N1CCC[C@H]1[C@H](OC)[C@@H](C)C(=O)N[C@@]1(C(=O)N2CCCCO2)C[C@@H]1c1ccccc1)OC)N(C)[C@H](C(=O)NC(=O)[C@@H](NC)C(C)C)C(C)C. The Hall–Kier alpha value is -3.43. The summed E-state index contributed by atoms with van der Waals surface area (Å²) in [5.74, 6) is -2.44. The van der Waals surface area contributed by atoms with E-state index in [-0.39, 0.29) is 71.7 Å². The number of ether oxygens (including phenoxy) is 2. The fraction of sp³-hybridized carbons (Fsp3) is 0.750. The molecule has 0 radical (unpaired) electrons. The Balaban J connectivity index is 1.51. The zero-order valence-corrected chi connectivity index (χ0v) is 36.9. The number of carbonyl (C=O) groups is 5. The minimum absolute atomic E-state index is 0.0140. The molecule has 3 N–H and O–H groups in total. The van der Waals surface area contributed by atoms with Crippen LogP contribution < -0.4 is 16.0 Å². The molecule has 2 aliphatic heterocycles. The van der Waals surface area contributed by atoms with E-state index >= 15 is 0 Å². The number of likely N-dealkylation sites (N-methyl/N-ethyl adjacent to an activating group) is 2. The number of carbonyl (C=O) groups excluding carboxylic acids is 5. The van der Waals surface area contributed by atoms with Gasteiger partial charge in [0, 0.05) is 39.3 Å². The Morgan fingerprint density at radius 1 is 0.914 bits per heavy atom. The highest BCUT2D eigenvalue weighted by molar-refractivity contribution is 6.00. The molecule has 14 nitrogen and oxygen atoms in total. The molecule has 5 amide bonds. The third-order valence-electron chi connectivity index (χ3n) is 12.9. The van der Waals surface area contributed by atoms with Crippen molar-refractivity contribution >= 4 is 29.5 Å². The number of likely N-dealkylation sites (tertiary alicyclic amines) is 1. The van der Waals surface area contributed by atoms with E-state index in [1.165, 1.54) is 5.06 Å². The molecule has 326 valence electrons. The van der Waals surface area contributed by atoms with Crippen molar-refractivity contribution in [3.63, 3.8) is 0 Å². The number of rotatable bonds is 20. The summed E-state index contributed by atoms with van der Waals surface area (Å²) in [5, 5.41) is 10.2. The molecule has 0 aromatic heterocycles. The van der Waals surface area contributed by atoms with Crippen molar-refractivity contribution in [3.8, 4) is 0 Å². The summed E-state index contributed by atoms with van der Waals surface area (Å²) in [4.78, 5) is 79.2. The summed E-state index contributed by atoms with van der Waals surface area (Å²) >= 11 is 0. The van der Waals surface area contributed by atoms with E-state index < -0.39 is 35.7 Å². The first-order valence-electron chi connectivity index (χ1n) is 21.5. The molecule has 1 aromatic rings. The van der Waals surface area contributed by atoms with Crippen LogP contribution in [-0.2, 0) is 38.3 Å². The molecule has 1 saturated carbocycles. The molecule has 0 spiro atoms. The highest BCUT2D eigenvalue weighted by Crippen LogP contribution is 2.53. The van der Waals surface area contributed by atoms with Gasteiger partial charge < -0.3 is 25.0 Å². The maximum Gasteiger partial charge on any atom is 0.272 e. The number of hydrogen-bond acceptors (Lipinski definition) is 10. The van der Waals surface area contributed by atoms with Gasteiger partial charge in [-0.1, -0.05) is 85.2 Å². The van der Waals surface area contributed by atoms with Crippen molar-refractivity contribution in [3.05, 3.63) is 35.9 Å². The topological polar surface area (TPSA) is 159 Å². The average Bonchev–Trinajstić information content (AvgIpc) is 3.72. The van der Waals surface area contributed by atoms with E-state index in [1.54, 1.807) is 28.2 Å². The summed E-state index contributed by atoms with van der Waals surface area (Å²) in [6, 6.07) is 7.86. The molecular formula is C44H72N6O8. The Bertz CT molecular complexity index is 1540. The van der Waals surface area contributed by atoms with Crippen LogP contribution in [-0.4, -0.2) is 134 Å². The monoisotopic (exact) mass is 813 g/mol. The predicted molar refractivity (Wildman–Crippen MR) is 222 cm³/mol. The van der Waals surface area contributed by atoms with Crippen LogP contribution in [0.15, 0.2) is 30.3 Å². The van der Waals surface area contributed by atoms with Gasteiger partial charge in [0.15, 0.2) is 0 Å². The van der Waals surface area contributed by atoms with E-state index in [1.807, 2.05) is 74.9 Å². The van der Waals surface area contributed by atoms with E-state index in [9.17, 15) is 24.0 Å². The summed E-state index contributed by atoms with van der Waals surface area (Å²) in [6.45, 7) is 15.1. The number of hydrogen-bond donors (Lipinski definition) is 3. The molecule has 1 aliphatic carbocycles. The molecule has 2 heterocycles. The number of methoxy groups -OCH3 is 2. The summed E-state index contributed by atoms with van der Waals surface area (Å²) in [7, 11) is 6.73. The first kappa shape index (κ1) is 47.3. The fourth-order valence-corrected chi connectivity index (χ4v) is 9.47. The van der Waals surface area contributed by atoms with Gasteiger partial charge in [-0.2, -0.15) is 0 Å². The summed E-state index contributed by atoms with van der Waals surface area (Å²) in [6.07, 6.45) is 3.19. The van der Waals surface area contributed by atoms with Crippen molar-refractivity contribution < 1.29 is 38.3 Å². The van der Waals surface area contributed by atoms with Crippen LogP contribution >= 0.6 is 0 Å². The van der Waals surface area contributed by atoms with Gasteiger partial charge in [-0.25, -0.2) is 5.06 Å². The Kier molecular flexibility index (Phi) is 17.3. The van der Waals surface area contributed by atoms with E-state index in [0.717, 1.165) is 31.2 Å². The third-order valence-corrected chi connectivity index (χ3v) is 12.9. The molecular weight excluding hydrogens is 741 g/mol. The number of benzene rings is 1. The molecule has 0 unspecified atom stereocenters. The second-order valence-corrected chi connectivity index (χ2v) is 17.4. The first-order valence-corrected chi connectivity index (χ1v) is 21.5. The second-order valence-electron chi connectivity index (χ2n) is 17.4. The second kappa shape index (κ2) is 21.2. The lowest BCUT2D eigenvalue weighted by atomic mass is 9.87. The van der Waals surface area contributed by atoms with Crippen LogP contribution in [0.5, 0.6) is 0 Å². The van der Waals surface area contributed by atoms with Gasteiger partial charge in [-0.3, -0.25) is 39.0 Å². The molecule has 14 heteroatoms. The number of amides is 5. The van der Waals surface area contributed by atoms with Gasteiger partial charge in [0.05, 0.1) is 49.3 Å². The lowest BCUT2D eigenvalue weighted by molar-refractivity contribution is -0.200. The van der Waals surface area contributed by atoms with Gasteiger partial charge >= 0.3 is 0 Å². The standard InChI is InChI=1S/C44H72N6O8/c1-12-29(6)38(48(9)37(28(4)5)42(54)46-41(53)36(45-8)27(2)3)34(56-10)25-35(51)49-22-18-21-33(49)39(57-11)30(7)40(52)47-44(43(55)50-23-16-17-24-58-50)26-32(44)31-19-14-13-15-20-31/h13-15,19-20,27-30,32-34,36-39,45H,12,16-18,21-26H2,1-11H3,(H,47,52)(H,46,53,54)/t29-,30+,32+,33-,34+,36-,37-,38+,39+,44-/m0/s1. The van der Waals surface area contributed by atoms with E-state index in [4.69, 9.17) is 14.3 Å². The summed E-state index contributed by atoms with van der Waals surface area (Å²) < 4.78 is 12.2. The quantitative estimate of drug-likeness (QED) is 0.177.